The van der Waals surface area contributed by atoms with E-state index in [4.69, 9.17) is 21.4 Å². The van der Waals surface area contributed by atoms with E-state index in [1.54, 1.807) is 0 Å². The first kappa shape index (κ1) is 15.6. The van der Waals surface area contributed by atoms with Crippen LogP contribution in [0.15, 0.2) is 18.2 Å². The number of ether oxygens (including phenoxy) is 1. The maximum absolute atomic E-state index is 12.0. The maximum Gasteiger partial charge on any atom is 0.335 e. The van der Waals surface area contributed by atoms with Gasteiger partial charge in [0, 0.05) is 17.3 Å². The molecule has 3 N–H and O–H groups in total. The van der Waals surface area contributed by atoms with Gasteiger partial charge in [0.15, 0.2) is 0 Å². The van der Waals surface area contributed by atoms with Crippen LogP contribution in [0.1, 0.15) is 30.1 Å². The molecule has 1 aromatic carbocycles. The zero-order chi connectivity index (χ0) is 15.5. The monoisotopic (exact) mass is 312 g/mol. The summed E-state index contributed by atoms with van der Waals surface area (Å²) in [6, 6.07) is 3.76. The Morgan fingerprint density at radius 3 is 2.76 bits per heavy atom. The minimum Gasteiger partial charge on any atom is -0.478 e. The molecule has 0 radical (unpaired) electrons. The molecule has 1 aliphatic heterocycles. The average molecular weight is 313 g/mol. The summed E-state index contributed by atoms with van der Waals surface area (Å²) in [5.74, 6) is -1.10. The van der Waals surface area contributed by atoms with Gasteiger partial charge in [-0.1, -0.05) is 11.6 Å². The number of rotatable bonds is 3. The van der Waals surface area contributed by atoms with Crippen molar-refractivity contribution < 1.29 is 19.4 Å². The van der Waals surface area contributed by atoms with Crippen LogP contribution in [0, 0.1) is 0 Å². The number of hydrogen-bond donors (Lipinski definition) is 3. The molecule has 0 aliphatic carbocycles. The third kappa shape index (κ3) is 4.34. The Hall–Kier alpha value is -1.79. The summed E-state index contributed by atoms with van der Waals surface area (Å²) < 4.78 is 5.36. The molecule has 21 heavy (non-hydrogen) atoms. The number of anilines is 1. The molecule has 0 aromatic heterocycles. The quantitative estimate of drug-likeness (QED) is 0.800. The molecule has 1 saturated heterocycles. The van der Waals surface area contributed by atoms with Gasteiger partial charge in [0.1, 0.15) is 0 Å². The van der Waals surface area contributed by atoms with E-state index in [1.807, 2.05) is 6.92 Å². The van der Waals surface area contributed by atoms with E-state index in [2.05, 4.69) is 10.6 Å². The Morgan fingerprint density at radius 1 is 1.38 bits per heavy atom. The largest absolute Gasteiger partial charge is 0.478 e. The van der Waals surface area contributed by atoms with E-state index in [0.717, 1.165) is 12.8 Å². The fourth-order valence-electron chi connectivity index (χ4n) is 2.25. The van der Waals surface area contributed by atoms with E-state index in [-0.39, 0.29) is 10.6 Å². The number of aromatic carboxylic acids is 1. The van der Waals surface area contributed by atoms with Gasteiger partial charge in [-0.25, -0.2) is 9.59 Å². The molecular formula is C14H17ClN2O4. The number of carbonyl (C=O) groups excluding carboxylic acids is 1. The van der Waals surface area contributed by atoms with Crippen LogP contribution in [0.25, 0.3) is 0 Å². The average Bonchev–Trinajstić information content (AvgIpc) is 2.37. The topological polar surface area (TPSA) is 87.7 Å². The van der Waals surface area contributed by atoms with E-state index in [9.17, 15) is 9.59 Å². The standard InChI is InChI=1S/C14H17ClN2O4/c1-14(3-2-4-21-8-14)17-13(20)16-11-6-9(12(18)19)5-10(15)7-11/h5-7H,2-4,8H2,1H3,(H,18,19)(H2,16,17,20). The Morgan fingerprint density at radius 2 is 2.14 bits per heavy atom. The SMILES string of the molecule is CC1(NC(=O)Nc2cc(Cl)cc(C(=O)O)c2)CCCOC1. The molecule has 1 atom stereocenters. The molecule has 0 saturated carbocycles. The van der Waals surface area contributed by atoms with Crippen LogP contribution in [0.4, 0.5) is 10.5 Å². The van der Waals surface area contributed by atoms with Crippen molar-refractivity contribution in [3.63, 3.8) is 0 Å². The highest BCUT2D eigenvalue weighted by Gasteiger charge is 2.29. The summed E-state index contributed by atoms with van der Waals surface area (Å²) in [6.45, 7) is 3.07. The van der Waals surface area contributed by atoms with Gasteiger partial charge in [-0.15, -0.1) is 0 Å². The van der Waals surface area contributed by atoms with Gasteiger partial charge in [0.2, 0.25) is 0 Å². The van der Waals surface area contributed by atoms with Gasteiger partial charge in [-0.2, -0.15) is 0 Å². The Bertz CT molecular complexity index is 556. The molecule has 0 spiro atoms. The number of amides is 2. The molecular weight excluding hydrogens is 296 g/mol. The van der Waals surface area contributed by atoms with Gasteiger partial charge in [0.05, 0.1) is 17.7 Å². The zero-order valence-corrected chi connectivity index (χ0v) is 12.4. The number of benzene rings is 1. The van der Waals surface area contributed by atoms with E-state index < -0.39 is 17.5 Å². The lowest BCUT2D eigenvalue weighted by atomic mass is 9.95. The first-order valence-electron chi connectivity index (χ1n) is 6.59. The third-order valence-corrected chi connectivity index (χ3v) is 3.47. The highest BCUT2D eigenvalue weighted by molar-refractivity contribution is 6.31. The van der Waals surface area contributed by atoms with Crippen LogP contribution < -0.4 is 10.6 Å². The van der Waals surface area contributed by atoms with Crippen molar-refractivity contribution in [1.29, 1.82) is 0 Å². The second-order valence-electron chi connectivity index (χ2n) is 5.33. The molecule has 0 bridgehead atoms. The van der Waals surface area contributed by atoms with Crippen LogP contribution >= 0.6 is 11.6 Å². The van der Waals surface area contributed by atoms with E-state index >= 15 is 0 Å². The molecule has 1 fully saturated rings. The maximum atomic E-state index is 12.0. The van der Waals surface area contributed by atoms with Crippen molar-refractivity contribution in [3.8, 4) is 0 Å². The minimum atomic E-state index is -1.10. The number of carbonyl (C=O) groups is 2. The number of carboxylic acid groups (broad SMARTS) is 1. The number of nitrogens with one attached hydrogen (secondary N) is 2. The van der Waals surface area contributed by atoms with Crippen LogP contribution in [-0.4, -0.2) is 35.9 Å². The Labute approximate surface area is 127 Å². The van der Waals surface area contributed by atoms with Crippen molar-refractivity contribution in [2.45, 2.75) is 25.3 Å². The first-order valence-corrected chi connectivity index (χ1v) is 6.97. The van der Waals surface area contributed by atoms with Gasteiger partial charge >= 0.3 is 12.0 Å². The minimum absolute atomic E-state index is 0.0185. The normalized spacial score (nSPS) is 21.6. The number of urea groups is 1. The van der Waals surface area contributed by atoms with Crippen LogP contribution in [-0.2, 0) is 4.74 Å². The lowest BCUT2D eigenvalue weighted by Crippen LogP contribution is -2.52. The molecule has 1 unspecified atom stereocenters. The summed E-state index contributed by atoms with van der Waals surface area (Å²) >= 11 is 5.84. The molecule has 2 rings (SSSR count). The highest BCUT2D eigenvalue weighted by Crippen LogP contribution is 2.21. The van der Waals surface area contributed by atoms with Crippen molar-refractivity contribution >= 4 is 29.3 Å². The molecule has 6 nitrogen and oxygen atoms in total. The fourth-order valence-corrected chi connectivity index (χ4v) is 2.49. The van der Waals surface area contributed by atoms with Gasteiger partial charge < -0.3 is 20.5 Å². The summed E-state index contributed by atoms with van der Waals surface area (Å²) in [6.07, 6.45) is 1.72. The number of carboxylic acids is 1. The van der Waals surface area contributed by atoms with Crippen LogP contribution in [0.3, 0.4) is 0 Å². The Balaban J connectivity index is 2.04. The molecule has 1 heterocycles. The molecule has 1 aromatic rings. The van der Waals surface area contributed by atoms with Crippen molar-refractivity contribution in [3.05, 3.63) is 28.8 Å². The Kier molecular flexibility index (Phi) is 4.69. The van der Waals surface area contributed by atoms with Crippen molar-refractivity contribution in [1.82, 2.24) is 5.32 Å². The number of hydrogen-bond acceptors (Lipinski definition) is 3. The first-order chi connectivity index (χ1) is 9.88. The molecule has 1 aliphatic rings. The number of halogens is 1. The molecule has 2 amide bonds. The summed E-state index contributed by atoms with van der Waals surface area (Å²) in [5.41, 5.74) is -0.0703. The van der Waals surface area contributed by atoms with E-state index in [0.29, 0.717) is 18.9 Å². The van der Waals surface area contributed by atoms with Crippen LogP contribution in [0.2, 0.25) is 5.02 Å². The third-order valence-electron chi connectivity index (χ3n) is 3.26. The van der Waals surface area contributed by atoms with Gasteiger partial charge in [-0.3, -0.25) is 0 Å². The molecule has 114 valence electrons. The highest BCUT2D eigenvalue weighted by atomic mass is 35.5. The van der Waals surface area contributed by atoms with E-state index in [1.165, 1.54) is 18.2 Å². The lowest BCUT2D eigenvalue weighted by Gasteiger charge is -2.34. The van der Waals surface area contributed by atoms with Crippen molar-refractivity contribution in [2.24, 2.45) is 0 Å². The fraction of sp³-hybridized carbons (Fsp3) is 0.429. The predicted molar refractivity (Wildman–Crippen MR) is 79.0 cm³/mol. The lowest BCUT2D eigenvalue weighted by molar-refractivity contribution is 0.0342. The second kappa shape index (κ2) is 6.32. The summed E-state index contributed by atoms with van der Waals surface area (Å²) in [7, 11) is 0. The van der Waals surface area contributed by atoms with Crippen LogP contribution in [0.5, 0.6) is 0 Å². The second-order valence-corrected chi connectivity index (χ2v) is 5.77. The summed E-state index contributed by atoms with van der Waals surface area (Å²) in [5, 5.41) is 14.7. The van der Waals surface area contributed by atoms with Gasteiger partial charge in [0.25, 0.3) is 0 Å². The zero-order valence-electron chi connectivity index (χ0n) is 11.6. The smallest absolute Gasteiger partial charge is 0.335 e. The van der Waals surface area contributed by atoms with Crippen molar-refractivity contribution in [2.75, 3.05) is 18.5 Å². The van der Waals surface area contributed by atoms with Gasteiger partial charge in [-0.05, 0) is 38.0 Å². The molecule has 7 heteroatoms. The summed E-state index contributed by atoms with van der Waals surface area (Å²) in [4.78, 5) is 23.0. The predicted octanol–water partition coefficient (Wildman–Crippen LogP) is 2.73.